The predicted octanol–water partition coefficient (Wildman–Crippen LogP) is -2.67. The zero-order valence-corrected chi connectivity index (χ0v) is 15.9. The van der Waals surface area contributed by atoms with Gasteiger partial charge in [0.15, 0.2) is 5.96 Å². The number of hydrogen-bond donors (Lipinski definition) is 6. The summed E-state index contributed by atoms with van der Waals surface area (Å²) in [4.78, 5) is 49.9. The fraction of sp³-hybridized carbons (Fsp3) is 0.688. The second-order valence-electron chi connectivity index (χ2n) is 6.49. The van der Waals surface area contributed by atoms with E-state index in [9.17, 15) is 19.2 Å². The lowest BCUT2D eigenvalue weighted by Crippen LogP contribution is -2.47. The van der Waals surface area contributed by atoms with Crippen molar-refractivity contribution in [1.82, 2.24) is 16.0 Å². The van der Waals surface area contributed by atoms with Crippen LogP contribution in [0.4, 0.5) is 0 Å². The van der Waals surface area contributed by atoms with Crippen LogP contribution in [0.2, 0.25) is 0 Å². The third kappa shape index (κ3) is 13.2. The zero-order valence-electron chi connectivity index (χ0n) is 15.9. The minimum absolute atomic E-state index is 0.0302. The summed E-state index contributed by atoms with van der Waals surface area (Å²) in [6.07, 6.45) is 2.05. The van der Waals surface area contributed by atoms with E-state index < -0.39 is 29.8 Å². The number of aldehydes is 1. The fourth-order valence-corrected chi connectivity index (χ4v) is 2.10. The SMILES string of the molecule is CC(C)C[C@@H](C=O)NC(=O)CNC(=O)CNC(=O)[C@@H](N)CCCN=C(N)N. The van der Waals surface area contributed by atoms with Gasteiger partial charge in [-0.05, 0) is 25.2 Å². The first-order chi connectivity index (χ1) is 12.6. The van der Waals surface area contributed by atoms with E-state index in [1.54, 1.807) is 0 Å². The number of nitrogens with two attached hydrogens (primary N) is 3. The highest BCUT2D eigenvalue weighted by Gasteiger charge is 2.16. The molecule has 0 unspecified atom stereocenters. The van der Waals surface area contributed by atoms with Gasteiger partial charge in [0, 0.05) is 6.54 Å². The zero-order chi connectivity index (χ0) is 20.8. The molecule has 0 aromatic heterocycles. The lowest BCUT2D eigenvalue weighted by Gasteiger charge is -2.15. The van der Waals surface area contributed by atoms with Crippen LogP contribution in [-0.4, -0.2) is 61.7 Å². The number of guanidine groups is 1. The Bertz CT molecular complexity index is 533. The Hall–Kier alpha value is -2.69. The lowest BCUT2D eigenvalue weighted by atomic mass is 10.1. The molecular formula is C16H31N7O4. The van der Waals surface area contributed by atoms with E-state index in [-0.39, 0.29) is 25.0 Å². The maximum absolute atomic E-state index is 11.8. The van der Waals surface area contributed by atoms with Crippen molar-refractivity contribution in [1.29, 1.82) is 0 Å². The molecule has 3 amide bonds. The molecule has 154 valence electrons. The average Bonchev–Trinajstić information content (AvgIpc) is 2.59. The van der Waals surface area contributed by atoms with E-state index in [0.29, 0.717) is 32.1 Å². The first-order valence-corrected chi connectivity index (χ1v) is 8.75. The summed E-state index contributed by atoms with van der Waals surface area (Å²) >= 11 is 0. The molecule has 0 aliphatic heterocycles. The monoisotopic (exact) mass is 385 g/mol. The standard InChI is InChI=1S/C16H31N7O4/c1-10(2)6-11(9-24)23-14(26)8-21-13(25)7-22-15(27)12(17)4-3-5-20-16(18)19/h9-12H,3-8,17H2,1-2H3,(H,21,25)(H,22,27)(H,23,26)(H4,18,19,20)/t11-,12-/m0/s1. The molecule has 0 bridgehead atoms. The maximum Gasteiger partial charge on any atom is 0.239 e. The average molecular weight is 385 g/mol. The Morgan fingerprint density at radius 2 is 1.70 bits per heavy atom. The van der Waals surface area contributed by atoms with Crippen molar-refractivity contribution in [3.05, 3.63) is 0 Å². The van der Waals surface area contributed by atoms with Crippen molar-refractivity contribution in [2.24, 2.45) is 28.1 Å². The number of carbonyl (C=O) groups is 4. The molecule has 27 heavy (non-hydrogen) atoms. The van der Waals surface area contributed by atoms with Crippen LogP contribution in [0.3, 0.4) is 0 Å². The topological polar surface area (TPSA) is 195 Å². The van der Waals surface area contributed by atoms with Gasteiger partial charge in [-0.15, -0.1) is 0 Å². The molecule has 0 spiro atoms. The summed E-state index contributed by atoms with van der Waals surface area (Å²) in [6, 6.07) is -1.38. The number of aliphatic imine (C=N–C) groups is 1. The van der Waals surface area contributed by atoms with Crippen LogP contribution in [-0.2, 0) is 19.2 Å². The van der Waals surface area contributed by atoms with E-state index in [4.69, 9.17) is 17.2 Å². The van der Waals surface area contributed by atoms with Gasteiger partial charge >= 0.3 is 0 Å². The Kier molecular flexibility index (Phi) is 12.2. The van der Waals surface area contributed by atoms with Gasteiger partial charge < -0.3 is 37.9 Å². The Morgan fingerprint density at radius 3 is 2.26 bits per heavy atom. The van der Waals surface area contributed by atoms with Gasteiger partial charge in [0.05, 0.1) is 25.2 Å². The summed E-state index contributed by atoms with van der Waals surface area (Å²) in [5.41, 5.74) is 16.1. The third-order valence-electron chi connectivity index (χ3n) is 3.41. The van der Waals surface area contributed by atoms with Gasteiger partial charge in [-0.25, -0.2) is 0 Å². The summed E-state index contributed by atoms with van der Waals surface area (Å²) in [5, 5.41) is 7.26. The van der Waals surface area contributed by atoms with E-state index in [0.717, 1.165) is 0 Å². The lowest BCUT2D eigenvalue weighted by molar-refractivity contribution is -0.128. The number of hydrogen-bond acceptors (Lipinski definition) is 6. The Morgan fingerprint density at radius 1 is 1.07 bits per heavy atom. The van der Waals surface area contributed by atoms with Crippen molar-refractivity contribution in [2.75, 3.05) is 19.6 Å². The summed E-state index contributed by atoms with van der Waals surface area (Å²) < 4.78 is 0. The summed E-state index contributed by atoms with van der Waals surface area (Å²) in [6.45, 7) is 3.62. The van der Waals surface area contributed by atoms with Crippen LogP contribution in [0.5, 0.6) is 0 Å². The molecule has 9 N–H and O–H groups in total. The van der Waals surface area contributed by atoms with Gasteiger partial charge in [0.25, 0.3) is 0 Å². The molecule has 0 aromatic carbocycles. The number of nitrogens with zero attached hydrogens (tertiary/aromatic N) is 1. The maximum atomic E-state index is 11.8. The highest BCUT2D eigenvalue weighted by Crippen LogP contribution is 2.02. The fourth-order valence-electron chi connectivity index (χ4n) is 2.10. The Balaban J connectivity index is 4.04. The van der Waals surface area contributed by atoms with Crippen LogP contribution in [0.15, 0.2) is 4.99 Å². The molecule has 0 heterocycles. The van der Waals surface area contributed by atoms with Crippen LogP contribution in [0, 0.1) is 5.92 Å². The minimum Gasteiger partial charge on any atom is -0.370 e. The van der Waals surface area contributed by atoms with Gasteiger partial charge in [-0.2, -0.15) is 0 Å². The molecule has 0 saturated heterocycles. The molecule has 11 nitrogen and oxygen atoms in total. The molecule has 0 aliphatic rings. The largest absolute Gasteiger partial charge is 0.370 e. The molecule has 0 aliphatic carbocycles. The summed E-state index contributed by atoms with van der Waals surface area (Å²) in [5.74, 6) is -1.30. The molecule has 2 atom stereocenters. The van der Waals surface area contributed by atoms with Crippen LogP contribution < -0.4 is 33.2 Å². The van der Waals surface area contributed by atoms with Gasteiger partial charge in [0.2, 0.25) is 17.7 Å². The van der Waals surface area contributed by atoms with Crippen LogP contribution >= 0.6 is 0 Å². The van der Waals surface area contributed by atoms with Gasteiger partial charge in [0.1, 0.15) is 6.29 Å². The third-order valence-corrected chi connectivity index (χ3v) is 3.41. The quantitative estimate of drug-likeness (QED) is 0.0860. The second-order valence-corrected chi connectivity index (χ2v) is 6.49. The normalized spacial score (nSPS) is 12.6. The molecule has 0 saturated carbocycles. The highest BCUT2D eigenvalue weighted by molar-refractivity contribution is 5.90. The smallest absolute Gasteiger partial charge is 0.239 e. The van der Waals surface area contributed by atoms with Crippen molar-refractivity contribution in [3.63, 3.8) is 0 Å². The van der Waals surface area contributed by atoms with E-state index in [1.165, 1.54) is 0 Å². The Labute approximate surface area is 158 Å². The minimum atomic E-state index is -0.792. The van der Waals surface area contributed by atoms with Crippen molar-refractivity contribution in [2.45, 2.75) is 45.2 Å². The molecule has 0 rings (SSSR count). The molecule has 11 heteroatoms. The molecule has 0 aromatic rings. The number of amides is 3. The van der Waals surface area contributed by atoms with E-state index >= 15 is 0 Å². The van der Waals surface area contributed by atoms with Crippen LogP contribution in [0.1, 0.15) is 33.1 Å². The summed E-state index contributed by atoms with van der Waals surface area (Å²) in [7, 11) is 0. The highest BCUT2D eigenvalue weighted by atomic mass is 16.2. The van der Waals surface area contributed by atoms with E-state index in [1.807, 2.05) is 13.8 Å². The molecular weight excluding hydrogens is 354 g/mol. The van der Waals surface area contributed by atoms with Crippen molar-refractivity contribution < 1.29 is 19.2 Å². The van der Waals surface area contributed by atoms with E-state index in [2.05, 4.69) is 20.9 Å². The predicted molar refractivity (Wildman–Crippen MR) is 101 cm³/mol. The van der Waals surface area contributed by atoms with Gasteiger partial charge in [-0.1, -0.05) is 13.8 Å². The van der Waals surface area contributed by atoms with Gasteiger partial charge in [-0.3, -0.25) is 19.4 Å². The second kappa shape index (κ2) is 13.5. The van der Waals surface area contributed by atoms with Crippen molar-refractivity contribution in [3.8, 4) is 0 Å². The number of carbonyl (C=O) groups excluding carboxylic acids is 4. The molecule has 0 radical (unpaired) electrons. The first-order valence-electron chi connectivity index (χ1n) is 8.75. The van der Waals surface area contributed by atoms with Crippen molar-refractivity contribution >= 4 is 30.0 Å². The number of rotatable bonds is 13. The van der Waals surface area contributed by atoms with Crippen LogP contribution in [0.25, 0.3) is 0 Å². The number of nitrogens with one attached hydrogen (secondary N) is 3. The first kappa shape index (κ1) is 24.3. The molecule has 0 fully saturated rings.